The maximum absolute atomic E-state index is 13.5. The minimum Gasteiger partial charge on any atom is -0.455 e. The van der Waals surface area contributed by atoms with Crippen LogP contribution in [0, 0.1) is 5.82 Å². The number of benzene rings is 2. The number of halogens is 1. The van der Waals surface area contributed by atoms with E-state index in [9.17, 15) is 14.0 Å². The highest BCUT2D eigenvalue weighted by Crippen LogP contribution is 2.21. The van der Waals surface area contributed by atoms with Crippen LogP contribution in [0.2, 0.25) is 0 Å². The molecular formula is C20H22FNO3S. The van der Waals surface area contributed by atoms with Crippen molar-refractivity contribution >= 4 is 23.6 Å². The Kier molecular flexibility index (Phi) is 7.66. The average molecular weight is 375 g/mol. The summed E-state index contributed by atoms with van der Waals surface area (Å²) in [4.78, 5) is 24.0. The van der Waals surface area contributed by atoms with Gasteiger partial charge in [0.25, 0.3) is 5.91 Å². The number of amides is 1. The number of ether oxygens (including phenoxy) is 1. The molecule has 0 saturated heterocycles. The molecule has 0 radical (unpaired) electrons. The summed E-state index contributed by atoms with van der Waals surface area (Å²) in [5.41, 5.74) is 2.21. The molecule has 0 aliphatic carbocycles. The summed E-state index contributed by atoms with van der Waals surface area (Å²) in [6, 6.07) is 14.0. The van der Waals surface area contributed by atoms with E-state index in [2.05, 4.69) is 12.2 Å². The van der Waals surface area contributed by atoms with E-state index in [-0.39, 0.29) is 30.1 Å². The number of thioether (sulfide) groups is 1. The van der Waals surface area contributed by atoms with Gasteiger partial charge in [-0.1, -0.05) is 43.3 Å². The predicted octanol–water partition coefficient (Wildman–Crippen LogP) is 3.90. The van der Waals surface area contributed by atoms with Crippen LogP contribution in [0.15, 0.2) is 53.4 Å². The van der Waals surface area contributed by atoms with E-state index in [0.717, 1.165) is 23.7 Å². The van der Waals surface area contributed by atoms with Gasteiger partial charge < -0.3 is 10.1 Å². The molecule has 0 spiro atoms. The number of rotatable bonds is 8. The van der Waals surface area contributed by atoms with E-state index in [1.165, 1.54) is 11.6 Å². The molecule has 0 aliphatic heterocycles. The molecule has 4 nitrogen and oxygen atoms in total. The van der Waals surface area contributed by atoms with E-state index >= 15 is 0 Å². The van der Waals surface area contributed by atoms with Gasteiger partial charge in [0, 0.05) is 4.90 Å². The molecule has 1 amide bonds. The fourth-order valence-electron chi connectivity index (χ4n) is 2.29. The van der Waals surface area contributed by atoms with Gasteiger partial charge in [0.1, 0.15) is 5.82 Å². The molecule has 1 N–H and O–H groups in total. The van der Waals surface area contributed by atoms with Gasteiger partial charge in [-0.15, -0.1) is 11.8 Å². The standard InChI is InChI=1S/C20H22FNO3S/c1-3-15-8-10-16(11-9-15)14(2)22-19(23)12-25-20(24)13-26-18-7-5-4-6-17(18)21/h4-11,14H,3,12-13H2,1-2H3,(H,22,23)/t14-/m0/s1. The van der Waals surface area contributed by atoms with Crippen LogP contribution in [0.1, 0.15) is 31.0 Å². The number of nitrogens with one attached hydrogen (secondary N) is 1. The highest BCUT2D eigenvalue weighted by molar-refractivity contribution is 8.00. The van der Waals surface area contributed by atoms with Gasteiger partial charge in [-0.3, -0.25) is 9.59 Å². The predicted molar refractivity (Wildman–Crippen MR) is 100 cm³/mol. The van der Waals surface area contributed by atoms with Crippen molar-refractivity contribution in [1.29, 1.82) is 0 Å². The lowest BCUT2D eigenvalue weighted by Crippen LogP contribution is -2.31. The normalized spacial score (nSPS) is 11.7. The van der Waals surface area contributed by atoms with Crippen molar-refractivity contribution in [1.82, 2.24) is 5.32 Å². The largest absolute Gasteiger partial charge is 0.455 e. The summed E-state index contributed by atoms with van der Waals surface area (Å²) in [5.74, 6) is -1.37. The third kappa shape index (κ3) is 6.19. The molecule has 0 aromatic heterocycles. The van der Waals surface area contributed by atoms with Crippen LogP contribution >= 0.6 is 11.8 Å². The summed E-state index contributed by atoms with van der Waals surface area (Å²) in [7, 11) is 0. The van der Waals surface area contributed by atoms with Crippen molar-refractivity contribution in [2.24, 2.45) is 0 Å². The SMILES string of the molecule is CCc1ccc([C@H](C)NC(=O)COC(=O)CSc2ccccc2F)cc1. The molecule has 138 valence electrons. The molecule has 0 saturated carbocycles. The Bertz CT molecular complexity index is 749. The summed E-state index contributed by atoms with van der Waals surface area (Å²) >= 11 is 1.04. The molecule has 0 unspecified atom stereocenters. The Morgan fingerprint density at radius 3 is 2.50 bits per heavy atom. The molecule has 1 atom stereocenters. The van der Waals surface area contributed by atoms with Crippen molar-refractivity contribution in [2.45, 2.75) is 31.2 Å². The highest BCUT2D eigenvalue weighted by Gasteiger charge is 2.13. The maximum Gasteiger partial charge on any atom is 0.316 e. The lowest BCUT2D eigenvalue weighted by atomic mass is 10.1. The second kappa shape index (κ2) is 9.97. The second-order valence-electron chi connectivity index (χ2n) is 5.76. The highest BCUT2D eigenvalue weighted by atomic mass is 32.2. The Morgan fingerprint density at radius 2 is 1.85 bits per heavy atom. The molecule has 2 aromatic carbocycles. The van der Waals surface area contributed by atoms with Crippen molar-refractivity contribution in [2.75, 3.05) is 12.4 Å². The van der Waals surface area contributed by atoms with Gasteiger partial charge in [-0.2, -0.15) is 0 Å². The van der Waals surface area contributed by atoms with Crippen LogP contribution in [-0.2, 0) is 20.7 Å². The molecule has 26 heavy (non-hydrogen) atoms. The molecule has 0 fully saturated rings. The first-order chi connectivity index (χ1) is 12.5. The first-order valence-corrected chi connectivity index (χ1v) is 9.39. The molecule has 0 heterocycles. The van der Waals surface area contributed by atoms with E-state index in [1.54, 1.807) is 18.2 Å². The Morgan fingerprint density at radius 1 is 1.15 bits per heavy atom. The van der Waals surface area contributed by atoms with Crippen molar-refractivity contribution in [3.8, 4) is 0 Å². The third-order valence-electron chi connectivity index (χ3n) is 3.81. The summed E-state index contributed by atoms with van der Waals surface area (Å²) in [6.07, 6.45) is 0.960. The Labute approximate surface area is 157 Å². The fourth-order valence-corrected chi connectivity index (χ4v) is 3.03. The topological polar surface area (TPSA) is 55.4 Å². The van der Waals surface area contributed by atoms with Gasteiger partial charge in [-0.25, -0.2) is 4.39 Å². The minimum atomic E-state index is -0.562. The zero-order valence-corrected chi connectivity index (χ0v) is 15.6. The molecule has 0 bridgehead atoms. The van der Waals surface area contributed by atoms with Gasteiger partial charge in [0.2, 0.25) is 0 Å². The third-order valence-corrected chi connectivity index (χ3v) is 4.83. The maximum atomic E-state index is 13.5. The van der Waals surface area contributed by atoms with Crippen molar-refractivity contribution in [3.05, 3.63) is 65.5 Å². The number of carbonyl (C=O) groups is 2. The van der Waals surface area contributed by atoms with E-state index in [1.807, 2.05) is 31.2 Å². The number of hydrogen-bond acceptors (Lipinski definition) is 4. The molecule has 2 aromatic rings. The van der Waals surface area contributed by atoms with Crippen LogP contribution < -0.4 is 5.32 Å². The quantitative estimate of drug-likeness (QED) is 0.562. The van der Waals surface area contributed by atoms with Gasteiger partial charge >= 0.3 is 5.97 Å². The van der Waals surface area contributed by atoms with Gasteiger partial charge in [0.05, 0.1) is 11.8 Å². The summed E-state index contributed by atoms with van der Waals surface area (Å²) in [6.45, 7) is 3.60. The molecule has 2 rings (SSSR count). The smallest absolute Gasteiger partial charge is 0.316 e. The lowest BCUT2D eigenvalue weighted by molar-refractivity contribution is -0.146. The zero-order chi connectivity index (χ0) is 18.9. The van der Waals surface area contributed by atoms with Crippen LogP contribution in [0.4, 0.5) is 4.39 Å². The van der Waals surface area contributed by atoms with Crippen LogP contribution in [0.3, 0.4) is 0 Å². The van der Waals surface area contributed by atoms with Gasteiger partial charge in [-0.05, 0) is 36.6 Å². The second-order valence-corrected chi connectivity index (χ2v) is 6.78. The van der Waals surface area contributed by atoms with Crippen LogP contribution in [-0.4, -0.2) is 24.2 Å². The fraction of sp³-hybridized carbons (Fsp3) is 0.300. The number of esters is 1. The Hall–Kier alpha value is -2.34. The number of hydrogen-bond donors (Lipinski definition) is 1. The van der Waals surface area contributed by atoms with Crippen LogP contribution in [0.25, 0.3) is 0 Å². The van der Waals surface area contributed by atoms with E-state index in [4.69, 9.17) is 4.74 Å². The van der Waals surface area contributed by atoms with Crippen molar-refractivity contribution in [3.63, 3.8) is 0 Å². The van der Waals surface area contributed by atoms with E-state index < -0.39 is 5.97 Å². The van der Waals surface area contributed by atoms with Crippen molar-refractivity contribution < 1.29 is 18.7 Å². The average Bonchev–Trinajstić information content (AvgIpc) is 2.65. The number of aryl methyl sites for hydroxylation is 1. The van der Waals surface area contributed by atoms with Crippen LogP contribution in [0.5, 0.6) is 0 Å². The van der Waals surface area contributed by atoms with Gasteiger partial charge in [0.15, 0.2) is 6.61 Å². The molecular weight excluding hydrogens is 353 g/mol. The zero-order valence-electron chi connectivity index (χ0n) is 14.8. The summed E-state index contributed by atoms with van der Waals surface area (Å²) < 4.78 is 18.4. The number of carbonyl (C=O) groups excluding carboxylic acids is 2. The monoisotopic (exact) mass is 375 g/mol. The molecule has 6 heteroatoms. The van der Waals surface area contributed by atoms with E-state index in [0.29, 0.717) is 4.90 Å². The summed E-state index contributed by atoms with van der Waals surface area (Å²) in [5, 5.41) is 2.79. The molecule has 0 aliphatic rings. The first kappa shape index (κ1) is 20.0. The lowest BCUT2D eigenvalue weighted by Gasteiger charge is -2.15. The Balaban J connectivity index is 1.73. The first-order valence-electron chi connectivity index (χ1n) is 8.40. The minimum absolute atomic E-state index is 0.0533.